The number of aromatic nitrogens is 4. The van der Waals surface area contributed by atoms with Gasteiger partial charge in [0.1, 0.15) is 6.33 Å². The molecule has 2 aromatic rings. The van der Waals surface area contributed by atoms with Gasteiger partial charge in [-0.3, -0.25) is 0 Å². The van der Waals surface area contributed by atoms with Crippen LogP contribution in [0.1, 0.15) is 24.2 Å². The number of carbonyl (C=O) groups excluding carboxylic acids is 2. The third-order valence-electron chi connectivity index (χ3n) is 3.34. The maximum atomic E-state index is 11.9. The summed E-state index contributed by atoms with van der Waals surface area (Å²) < 4.78 is 11.3. The van der Waals surface area contributed by atoms with E-state index >= 15 is 0 Å². The average molecular weight is 359 g/mol. The van der Waals surface area contributed by atoms with Crippen molar-refractivity contribution >= 4 is 23.6 Å². The van der Waals surface area contributed by atoms with Gasteiger partial charge in [0.25, 0.3) is 5.79 Å². The van der Waals surface area contributed by atoms with Gasteiger partial charge in [-0.05, 0) is 28.6 Å². The molecule has 0 bridgehead atoms. The number of nitrogens with zero attached hydrogens (tertiary/aromatic N) is 4. The van der Waals surface area contributed by atoms with E-state index in [0.717, 1.165) is 6.20 Å². The number of carboxylic acids is 1. The Balaban J connectivity index is 1.93. The summed E-state index contributed by atoms with van der Waals surface area (Å²) in [6.45, 7) is 2.84. The lowest BCUT2D eigenvalue weighted by molar-refractivity contribution is -0.222. The number of hydrogen-bond donors (Lipinski definition) is 2. The number of ether oxygens (including phenoxy) is 2. The molecule has 1 aromatic heterocycles. The number of nitrogens with one attached hydrogen (secondary N) is 1. The number of anilines is 1. The molecule has 0 atom stereocenters. The lowest BCUT2D eigenvalue weighted by Crippen LogP contribution is -2.42. The van der Waals surface area contributed by atoms with Crippen molar-refractivity contribution in [3.8, 4) is 5.69 Å². The number of aromatic carboxylic acids is 1. The first-order chi connectivity index (χ1) is 12.3. The highest BCUT2D eigenvalue weighted by Gasteiger charge is 2.39. The topological polar surface area (TPSA) is 146 Å². The third-order valence-corrected chi connectivity index (χ3v) is 3.34. The van der Waals surface area contributed by atoms with E-state index in [1.165, 1.54) is 43.1 Å². The van der Waals surface area contributed by atoms with Crippen LogP contribution in [0.25, 0.3) is 5.69 Å². The molecule has 1 aliphatic rings. The largest absolute Gasteiger partial charge is 0.478 e. The fraction of sp³-hybridized carbons (Fsp3) is 0.200. The van der Waals surface area contributed by atoms with Crippen molar-refractivity contribution in [3.05, 3.63) is 41.9 Å². The van der Waals surface area contributed by atoms with Crippen LogP contribution in [0.5, 0.6) is 0 Å². The Hall–Kier alpha value is -3.76. The van der Waals surface area contributed by atoms with Gasteiger partial charge in [-0.15, -0.1) is 5.10 Å². The van der Waals surface area contributed by atoms with Crippen molar-refractivity contribution in [2.75, 3.05) is 5.32 Å². The minimum absolute atomic E-state index is 0.0865. The van der Waals surface area contributed by atoms with Crippen molar-refractivity contribution in [3.63, 3.8) is 0 Å². The summed E-state index contributed by atoms with van der Waals surface area (Å²) in [7, 11) is 0. The fourth-order valence-electron chi connectivity index (χ4n) is 2.19. The van der Waals surface area contributed by atoms with Crippen molar-refractivity contribution in [2.24, 2.45) is 0 Å². The van der Waals surface area contributed by atoms with Crippen LogP contribution in [0, 0.1) is 0 Å². The first-order valence-corrected chi connectivity index (χ1v) is 7.31. The molecule has 3 rings (SSSR count). The SMILES string of the molecule is CC1(C)OC(=O)C(=CNc2cc(-n3cnnn3)ccc2C(=O)O)C(=O)O1. The second kappa shape index (κ2) is 6.27. The van der Waals surface area contributed by atoms with E-state index in [1.807, 2.05) is 0 Å². The lowest BCUT2D eigenvalue weighted by Gasteiger charge is -2.29. The molecule has 0 radical (unpaired) electrons. The van der Waals surface area contributed by atoms with E-state index in [9.17, 15) is 19.5 Å². The van der Waals surface area contributed by atoms with Crippen LogP contribution in [0.3, 0.4) is 0 Å². The standard InChI is InChI=1S/C15H13N5O6/c1-15(2)25-13(23)10(14(24)26-15)6-16-11-5-8(20-7-17-18-19-20)3-4-9(11)12(21)22/h3-7,16H,1-2H3,(H,21,22). The van der Waals surface area contributed by atoms with Gasteiger partial charge in [-0.1, -0.05) is 0 Å². The maximum absolute atomic E-state index is 11.9. The summed E-state index contributed by atoms with van der Waals surface area (Å²) in [5, 5.41) is 22.6. The zero-order valence-corrected chi connectivity index (χ0v) is 13.7. The molecule has 0 amide bonds. The molecule has 11 nitrogen and oxygen atoms in total. The quantitative estimate of drug-likeness (QED) is 0.449. The molecule has 134 valence electrons. The number of carbonyl (C=O) groups is 3. The summed E-state index contributed by atoms with van der Waals surface area (Å²) >= 11 is 0. The molecule has 1 aliphatic heterocycles. The van der Waals surface area contributed by atoms with Gasteiger partial charge in [0.2, 0.25) is 0 Å². The zero-order valence-electron chi connectivity index (χ0n) is 13.7. The summed E-state index contributed by atoms with van der Waals surface area (Å²) in [5.74, 6) is -4.33. The highest BCUT2D eigenvalue weighted by molar-refractivity contribution is 6.15. The number of cyclic esters (lactones) is 2. The molecule has 0 unspecified atom stereocenters. The molecule has 1 saturated heterocycles. The van der Waals surface area contributed by atoms with Crippen LogP contribution < -0.4 is 5.32 Å². The van der Waals surface area contributed by atoms with Crippen LogP contribution in [0.15, 0.2) is 36.3 Å². The van der Waals surface area contributed by atoms with Crippen LogP contribution in [0.4, 0.5) is 5.69 Å². The lowest BCUT2D eigenvalue weighted by atomic mass is 10.1. The Morgan fingerprint density at radius 3 is 2.54 bits per heavy atom. The van der Waals surface area contributed by atoms with Crippen LogP contribution in [-0.2, 0) is 19.1 Å². The predicted octanol–water partition coefficient (Wildman–Crippen LogP) is 0.492. The van der Waals surface area contributed by atoms with E-state index in [2.05, 4.69) is 20.8 Å². The summed E-state index contributed by atoms with van der Waals surface area (Å²) in [6, 6.07) is 4.28. The Morgan fingerprint density at radius 1 is 1.27 bits per heavy atom. The first-order valence-electron chi connectivity index (χ1n) is 7.31. The average Bonchev–Trinajstić information content (AvgIpc) is 3.07. The van der Waals surface area contributed by atoms with Gasteiger partial charge in [0, 0.05) is 20.0 Å². The van der Waals surface area contributed by atoms with Crippen molar-refractivity contribution < 1.29 is 29.0 Å². The van der Waals surface area contributed by atoms with Gasteiger partial charge >= 0.3 is 17.9 Å². The molecular weight excluding hydrogens is 346 g/mol. The van der Waals surface area contributed by atoms with E-state index in [4.69, 9.17) is 9.47 Å². The van der Waals surface area contributed by atoms with E-state index in [1.54, 1.807) is 0 Å². The molecule has 2 N–H and O–H groups in total. The van der Waals surface area contributed by atoms with Gasteiger partial charge < -0.3 is 19.9 Å². The first kappa shape index (κ1) is 17.1. The van der Waals surface area contributed by atoms with Crippen molar-refractivity contribution in [2.45, 2.75) is 19.6 Å². The van der Waals surface area contributed by atoms with E-state index < -0.39 is 29.3 Å². The monoisotopic (exact) mass is 359 g/mol. The molecule has 11 heteroatoms. The molecule has 1 aromatic carbocycles. The van der Waals surface area contributed by atoms with Gasteiger partial charge in [-0.25, -0.2) is 19.1 Å². The molecule has 2 heterocycles. The number of esters is 2. The van der Waals surface area contributed by atoms with Gasteiger partial charge in [0.05, 0.1) is 16.9 Å². The maximum Gasteiger partial charge on any atom is 0.350 e. The predicted molar refractivity (Wildman–Crippen MR) is 84.1 cm³/mol. The summed E-state index contributed by atoms with van der Waals surface area (Å²) in [4.78, 5) is 35.3. The molecule has 1 fully saturated rings. The number of hydrogen-bond acceptors (Lipinski definition) is 9. The van der Waals surface area contributed by atoms with Crippen molar-refractivity contribution in [1.82, 2.24) is 20.2 Å². The Bertz CT molecular complexity index is 897. The zero-order chi connectivity index (χ0) is 18.9. The highest BCUT2D eigenvalue weighted by atomic mass is 16.7. The van der Waals surface area contributed by atoms with Gasteiger partial charge in [0.15, 0.2) is 5.57 Å². The van der Waals surface area contributed by atoms with Crippen LogP contribution in [0.2, 0.25) is 0 Å². The second-order valence-corrected chi connectivity index (χ2v) is 5.67. The van der Waals surface area contributed by atoms with E-state index in [-0.39, 0.29) is 11.3 Å². The fourth-order valence-corrected chi connectivity index (χ4v) is 2.19. The van der Waals surface area contributed by atoms with Crippen molar-refractivity contribution in [1.29, 1.82) is 0 Å². The minimum atomic E-state index is -1.36. The molecule has 26 heavy (non-hydrogen) atoms. The van der Waals surface area contributed by atoms with Crippen LogP contribution in [-0.4, -0.2) is 49.0 Å². The Morgan fingerprint density at radius 2 is 1.96 bits per heavy atom. The number of rotatable bonds is 4. The Kier molecular flexibility index (Phi) is 4.12. The minimum Gasteiger partial charge on any atom is -0.478 e. The smallest absolute Gasteiger partial charge is 0.350 e. The highest BCUT2D eigenvalue weighted by Crippen LogP contribution is 2.24. The van der Waals surface area contributed by atoms with Gasteiger partial charge in [-0.2, -0.15) is 0 Å². The number of carboxylic acid groups (broad SMARTS) is 1. The van der Waals surface area contributed by atoms with Crippen LogP contribution >= 0.6 is 0 Å². The second-order valence-electron chi connectivity index (χ2n) is 5.67. The number of tetrazole rings is 1. The normalized spacial score (nSPS) is 15.8. The third kappa shape index (κ3) is 3.36. The Labute approximate surface area is 146 Å². The van der Waals surface area contributed by atoms with E-state index in [0.29, 0.717) is 5.69 Å². The summed E-state index contributed by atoms with van der Waals surface area (Å²) in [6.07, 6.45) is 2.36. The number of benzene rings is 1. The molecule has 0 aliphatic carbocycles. The molecular formula is C15H13N5O6. The molecule has 0 saturated carbocycles. The molecule has 0 spiro atoms. The summed E-state index contributed by atoms with van der Waals surface area (Å²) in [5.41, 5.74) is 0.101.